The predicted molar refractivity (Wildman–Crippen MR) is 52.3 cm³/mol. The summed E-state index contributed by atoms with van der Waals surface area (Å²) >= 11 is 3.39. The van der Waals surface area contributed by atoms with Crippen molar-refractivity contribution in [2.45, 2.75) is 32.5 Å². The summed E-state index contributed by atoms with van der Waals surface area (Å²) in [5, 5.41) is 1.10. The lowest BCUT2D eigenvalue weighted by Crippen LogP contribution is -2.25. The average Bonchev–Trinajstić information content (AvgIpc) is 1.78. The summed E-state index contributed by atoms with van der Waals surface area (Å²) in [7, 11) is -1.22. The Morgan fingerprint density at radius 1 is 1.20 bits per heavy atom. The van der Waals surface area contributed by atoms with E-state index in [1.54, 1.807) is 0 Å². The zero-order valence-corrected chi connectivity index (χ0v) is 9.70. The fourth-order valence-corrected chi connectivity index (χ4v) is 1.73. The van der Waals surface area contributed by atoms with Gasteiger partial charge in [-0.25, -0.2) is 0 Å². The highest BCUT2D eigenvalue weighted by molar-refractivity contribution is 9.09. The zero-order valence-electron chi connectivity index (χ0n) is 7.11. The fraction of sp³-hybridized carbons (Fsp3) is 1.00. The van der Waals surface area contributed by atoms with Gasteiger partial charge in [-0.05, 0) is 32.5 Å². The Balaban J connectivity index is 3.04. The molecule has 0 spiro atoms. The van der Waals surface area contributed by atoms with Crippen molar-refractivity contribution in [1.82, 2.24) is 0 Å². The van der Waals surface area contributed by atoms with Crippen LogP contribution in [0.1, 0.15) is 12.8 Å². The van der Waals surface area contributed by atoms with Crippen molar-refractivity contribution in [2.24, 2.45) is 0 Å². The van der Waals surface area contributed by atoms with E-state index < -0.39 is 8.32 Å². The SMILES string of the molecule is C[Si](C)(C)OCCCCBr. The monoisotopic (exact) mass is 224 g/mol. The Hall–Kier alpha value is 0.657. The van der Waals surface area contributed by atoms with Crippen LogP contribution in [0, 0.1) is 0 Å². The molecule has 0 unspecified atom stereocenters. The lowest BCUT2D eigenvalue weighted by atomic mass is 10.4. The molecule has 10 heavy (non-hydrogen) atoms. The normalized spacial score (nSPS) is 12.0. The molecule has 62 valence electrons. The molecular weight excluding hydrogens is 208 g/mol. The number of hydrogen-bond donors (Lipinski definition) is 0. The largest absolute Gasteiger partial charge is 0.418 e. The maximum atomic E-state index is 5.65. The van der Waals surface area contributed by atoms with E-state index in [2.05, 4.69) is 35.6 Å². The summed E-state index contributed by atoms with van der Waals surface area (Å²) in [6.45, 7) is 7.62. The molecule has 0 aliphatic carbocycles. The number of rotatable bonds is 5. The van der Waals surface area contributed by atoms with Crippen molar-refractivity contribution in [3.05, 3.63) is 0 Å². The van der Waals surface area contributed by atoms with Gasteiger partial charge in [-0.1, -0.05) is 15.9 Å². The van der Waals surface area contributed by atoms with Crippen LogP contribution in [0.4, 0.5) is 0 Å². The van der Waals surface area contributed by atoms with Crippen molar-refractivity contribution in [2.75, 3.05) is 11.9 Å². The average molecular weight is 225 g/mol. The minimum absolute atomic E-state index is 0.946. The third-order valence-electron chi connectivity index (χ3n) is 1.06. The highest BCUT2D eigenvalue weighted by atomic mass is 79.9. The lowest BCUT2D eigenvalue weighted by molar-refractivity contribution is 0.304. The van der Waals surface area contributed by atoms with E-state index in [0.29, 0.717) is 0 Å². The molecule has 0 saturated carbocycles. The van der Waals surface area contributed by atoms with Gasteiger partial charge in [0, 0.05) is 11.9 Å². The molecule has 0 bridgehead atoms. The van der Waals surface area contributed by atoms with E-state index in [0.717, 1.165) is 11.9 Å². The first-order valence-electron chi connectivity index (χ1n) is 3.76. The van der Waals surface area contributed by atoms with E-state index >= 15 is 0 Å². The van der Waals surface area contributed by atoms with E-state index in [-0.39, 0.29) is 0 Å². The first-order valence-corrected chi connectivity index (χ1v) is 8.29. The first-order chi connectivity index (χ1) is 4.56. The van der Waals surface area contributed by atoms with Gasteiger partial charge in [-0.15, -0.1) is 0 Å². The van der Waals surface area contributed by atoms with Crippen LogP contribution >= 0.6 is 15.9 Å². The summed E-state index contributed by atoms with van der Waals surface area (Å²) in [4.78, 5) is 0. The maximum Gasteiger partial charge on any atom is 0.183 e. The quantitative estimate of drug-likeness (QED) is 0.397. The van der Waals surface area contributed by atoms with Crippen LogP contribution in [-0.4, -0.2) is 20.3 Å². The first kappa shape index (κ1) is 10.7. The van der Waals surface area contributed by atoms with Crippen molar-refractivity contribution in [1.29, 1.82) is 0 Å². The molecular formula is C7H17BrOSi. The Morgan fingerprint density at radius 3 is 2.20 bits per heavy atom. The molecule has 1 nitrogen and oxygen atoms in total. The summed E-state index contributed by atoms with van der Waals surface area (Å²) in [6, 6.07) is 0. The standard InChI is InChI=1S/C7H17BrOSi/c1-10(2,3)9-7-5-4-6-8/h4-7H2,1-3H3. The van der Waals surface area contributed by atoms with Gasteiger partial charge >= 0.3 is 0 Å². The Kier molecular flexibility index (Phi) is 5.68. The van der Waals surface area contributed by atoms with Crippen molar-refractivity contribution >= 4 is 24.2 Å². The fourth-order valence-electron chi connectivity index (χ4n) is 0.575. The predicted octanol–water partition coefficient (Wildman–Crippen LogP) is 3.01. The summed E-state index contributed by atoms with van der Waals surface area (Å²) in [5.41, 5.74) is 0. The highest BCUT2D eigenvalue weighted by Crippen LogP contribution is 2.04. The molecule has 3 heteroatoms. The number of halogens is 1. The smallest absolute Gasteiger partial charge is 0.183 e. The topological polar surface area (TPSA) is 9.23 Å². The number of unbranched alkanes of at least 4 members (excludes halogenated alkanes) is 1. The Labute approximate surface area is 73.4 Å². The van der Waals surface area contributed by atoms with Crippen LogP contribution in [0.15, 0.2) is 0 Å². The highest BCUT2D eigenvalue weighted by Gasteiger charge is 2.12. The van der Waals surface area contributed by atoms with Crippen molar-refractivity contribution in [3.8, 4) is 0 Å². The minimum Gasteiger partial charge on any atom is -0.418 e. The molecule has 0 amide bonds. The summed E-state index contributed by atoms with van der Waals surface area (Å²) < 4.78 is 5.65. The molecule has 0 atom stereocenters. The van der Waals surface area contributed by atoms with Gasteiger partial charge in [0.2, 0.25) is 0 Å². The second-order valence-electron chi connectivity index (χ2n) is 3.36. The van der Waals surface area contributed by atoms with Gasteiger partial charge < -0.3 is 4.43 Å². The summed E-state index contributed by atoms with van der Waals surface area (Å²) in [6.07, 6.45) is 2.42. The van der Waals surface area contributed by atoms with Gasteiger partial charge in [-0.3, -0.25) is 0 Å². The van der Waals surface area contributed by atoms with Crippen LogP contribution in [-0.2, 0) is 4.43 Å². The molecule has 0 aliphatic heterocycles. The molecule has 0 saturated heterocycles. The molecule has 0 aliphatic rings. The van der Waals surface area contributed by atoms with Crippen LogP contribution in [0.25, 0.3) is 0 Å². The van der Waals surface area contributed by atoms with E-state index in [4.69, 9.17) is 4.43 Å². The van der Waals surface area contributed by atoms with Crippen LogP contribution in [0.5, 0.6) is 0 Å². The molecule has 0 aromatic carbocycles. The van der Waals surface area contributed by atoms with Gasteiger partial charge in [-0.2, -0.15) is 0 Å². The van der Waals surface area contributed by atoms with Gasteiger partial charge in [0.05, 0.1) is 0 Å². The zero-order chi connectivity index (χ0) is 8.04. The molecule has 0 N–H and O–H groups in total. The van der Waals surface area contributed by atoms with Crippen LogP contribution < -0.4 is 0 Å². The van der Waals surface area contributed by atoms with Gasteiger partial charge in [0.15, 0.2) is 8.32 Å². The van der Waals surface area contributed by atoms with Crippen LogP contribution in [0.3, 0.4) is 0 Å². The lowest BCUT2D eigenvalue weighted by Gasteiger charge is -2.16. The minimum atomic E-state index is -1.22. The number of alkyl halides is 1. The van der Waals surface area contributed by atoms with E-state index in [1.165, 1.54) is 12.8 Å². The molecule has 0 rings (SSSR count). The van der Waals surface area contributed by atoms with Crippen LogP contribution in [0.2, 0.25) is 19.6 Å². The number of hydrogen-bond acceptors (Lipinski definition) is 1. The molecule has 0 aromatic rings. The maximum absolute atomic E-state index is 5.65. The second-order valence-corrected chi connectivity index (χ2v) is 8.66. The molecule has 0 aromatic heterocycles. The van der Waals surface area contributed by atoms with Crippen molar-refractivity contribution in [3.63, 3.8) is 0 Å². The third kappa shape index (κ3) is 8.66. The Morgan fingerprint density at radius 2 is 1.80 bits per heavy atom. The van der Waals surface area contributed by atoms with E-state index in [9.17, 15) is 0 Å². The molecule has 0 radical (unpaired) electrons. The second kappa shape index (κ2) is 5.33. The molecule has 0 fully saturated rings. The van der Waals surface area contributed by atoms with Gasteiger partial charge in [0.1, 0.15) is 0 Å². The van der Waals surface area contributed by atoms with E-state index in [1.807, 2.05) is 0 Å². The molecule has 0 heterocycles. The third-order valence-corrected chi connectivity index (χ3v) is 2.69. The van der Waals surface area contributed by atoms with Gasteiger partial charge in [0.25, 0.3) is 0 Å². The Bertz CT molecular complexity index is 80.2. The van der Waals surface area contributed by atoms with Crippen molar-refractivity contribution < 1.29 is 4.43 Å². The summed E-state index contributed by atoms with van der Waals surface area (Å²) in [5.74, 6) is 0.